The molecule has 0 fully saturated rings. The van der Waals surface area contributed by atoms with E-state index in [9.17, 15) is 0 Å². The molecule has 2 aromatic heterocycles. The highest BCUT2D eigenvalue weighted by Gasteiger charge is 2.31. The molecule has 5 heteroatoms. The van der Waals surface area contributed by atoms with E-state index in [1.807, 2.05) is 6.07 Å². The molecule has 1 N–H and O–H groups in total. The smallest absolute Gasteiger partial charge is 0.132 e. The monoisotopic (exact) mass is 733 g/mol. The van der Waals surface area contributed by atoms with Crippen molar-refractivity contribution in [3.05, 3.63) is 217 Å². The fraction of sp³-hybridized carbons (Fsp3) is 0.0577. The second-order valence-electron chi connectivity index (χ2n) is 14.9. The number of nitrogens with zero attached hydrogens (tertiary/aromatic N) is 4. The van der Waals surface area contributed by atoms with Gasteiger partial charge in [0.1, 0.15) is 18.2 Å². The predicted octanol–water partition coefficient (Wildman–Crippen LogP) is 12.2. The van der Waals surface area contributed by atoms with Crippen molar-refractivity contribution in [2.24, 2.45) is 4.99 Å². The minimum atomic E-state index is -0.142. The summed E-state index contributed by atoms with van der Waals surface area (Å²) in [7, 11) is 2.16. The largest absolute Gasteiger partial charge is 0.350 e. The summed E-state index contributed by atoms with van der Waals surface area (Å²) in [5.41, 5.74) is 12.9. The van der Waals surface area contributed by atoms with E-state index >= 15 is 0 Å². The lowest BCUT2D eigenvalue weighted by Crippen LogP contribution is -2.46. The Morgan fingerprint density at radius 1 is 0.404 bits per heavy atom. The molecule has 0 aliphatic carbocycles. The Labute approximate surface area is 331 Å². The van der Waals surface area contributed by atoms with Crippen LogP contribution in [0.25, 0.3) is 66.1 Å². The van der Waals surface area contributed by atoms with Crippen molar-refractivity contribution in [2.75, 3.05) is 7.05 Å². The molecular weight excluding hydrogens is 695 g/mol. The molecule has 1 aliphatic rings. The summed E-state index contributed by atoms with van der Waals surface area (Å²) in [6, 6.07) is 72.0. The molecule has 272 valence electrons. The summed E-state index contributed by atoms with van der Waals surface area (Å²) in [4.78, 5) is 7.57. The molecule has 0 saturated heterocycles. The van der Waals surface area contributed by atoms with Crippen LogP contribution in [0.3, 0.4) is 0 Å². The second kappa shape index (κ2) is 13.5. The van der Waals surface area contributed by atoms with Crippen LogP contribution in [-0.4, -0.2) is 26.9 Å². The number of rotatable bonds is 6. The molecule has 0 amide bonds. The minimum Gasteiger partial charge on any atom is -0.350 e. The van der Waals surface area contributed by atoms with Crippen LogP contribution in [-0.2, 0) is 0 Å². The van der Waals surface area contributed by atoms with Crippen molar-refractivity contribution < 1.29 is 0 Å². The zero-order valence-electron chi connectivity index (χ0n) is 31.5. The van der Waals surface area contributed by atoms with Crippen LogP contribution in [0.2, 0.25) is 0 Å². The Morgan fingerprint density at radius 3 is 1.70 bits per heavy atom. The Morgan fingerprint density at radius 2 is 0.947 bits per heavy atom. The van der Waals surface area contributed by atoms with E-state index in [1.165, 1.54) is 60.3 Å². The van der Waals surface area contributed by atoms with Gasteiger partial charge in [-0.25, -0.2) is 4.99 Å². The molecule has 57 heavy (non-hydrogen) atoms. The first-order valence-corrected chi connectivity index (χ1v) is 19.6. The van der Waals surface area contributed by atoms with Gasteiger partial charge in [0, 0.05) is 38.5 Å². The van der Waals surface area contributed by atoms with E-state index in [1.54, 1.807) is 0 Å². The highest BCUT2D eigenvalue weighted by atomic mass is 15.4. The molecule has 2 unspecified atom stereocenters. The van der Waals surface area contributed by atoms with Gasteiger partial charge >= 0.3 is 0 Å². The number of benzene rings is 8. The molecule has 2 atom stereocenters. The molecule has 0 bridgehead atoms. The van der Waals surface area contributed by atoms with Gasteiger partial charge < -0.3 is 14.5 Å². The van der Waals surface area contributed by atoms with Gasteiger partial charge in [-0.05, 0) is 83.9 Å². The summed E-state index contributed by atoms with van der Waals surface area (Å²) >= 11 is 0. The minimum absolute atomic E-state index is 0.107. The average molecular weight is 734 g/mol. The highest BCUT2D eigenvalue weighted by molar-refractivity contribution is 6.12. The van der Waals surface area contributed by atoms with E-state index in [-0.39, 0.29) is 12.3 Å². The molecule has 10 aromatic rings. The standard InChI is InChI=1S/C52H39N5/c1-55-51(36-18-7-3-8-19-36)53-50(35-16-5-2-6-17-35)54-52(55)39-20-15-23-41(32-39)57-47-27-14-12-25-43(47)45-33-37(29-31-48(45)57)38-28-30-44-42-24-11-13-26-46(42)56(49(44)34-38)40-21-9-4-10-22-40/h2-34,51-52H,1H3,(H,53,54). The van der Waals surface area contributed by atoms with Gasteiger partial charge in [-0.3, -0.25) is 4.90 Å². The van der Waals surface area contributed by atoms with Gasteiger partial charge in [0.2, 0.25) is 0 Å². The predicted molar refractivity (Wildman–Crippen MR) is 236 cm³/mol. The van der Waals surface area contributed by atoms with Crippen LogP contribution in [0.5, 0.6) is 0 Å². The maximum atomic E-state index is 5.24. The first-order chi connectivity index (χ1) is 28.2. The number of aromatic nitrogens is 2. The third kappa shape index (κ3) is 5.55. The summed E-state index contributed by atoms with van der Waals surface area (Å²) in [5.74, 6) is 0.893. The maximum absolute atomic E-state index is 5.24. The molecule has 0 saturated carbocycles. The number of amidine groups is 1. The number of hydrogen-bond donors (Lipinski definition) is 1. The molecule has 11 rings (SSSR count). The van der Waals surface area contributed by atoms with Crippen molar-refractivity contribution in [3.63, 3.8) is 0 Å². The average Bonchev–Trinajstić information content (AvgIpc) is 3.79. The topological polar surface area (TPSA) is 37.5 Å². The molecule has 3 heterocycles. The summed E-state index contributed by atoms with van der Waals surface area (Å²) in [6.07, 6.45) is -0.250. The highest BCUT2D eigenvalue weighted by Crippen LogP contribution is 2.39. The molecule has 0 spiro atoms. The Bertz CT molecular complexity index is 3120. The van der Waals surface area contributed by atoms with Crippen LogP contribution < -0.4 is 5.32 Å². The normalized spacial score (nSPS) is 16.0. The van der Waals surface area contributed by atoms with Crippen molar-refractivity contribution >= 4 is 49.4 Å². The summed E-state index contributed by atoms with van der Waals surface area (Å²) in [5, 5.41) is 8.79. The third-order valence-electron chi connectivity index (χ3n) is 11.6. The molecule has 0 radical (unpaired) electrons. The zero-order chi connectivity index (χ0) is 37.9. The molecule has 8 aromatic carbocycles. The fourth-order valence-corrected chi connectivity index (χ4v) is 8.90. The first kappa shape index (κ1) is 33.2. The van der Waals surface area contributed by atoms with Gasteiger partial charge in [0.25, 0.3) is 0 Å². The summed E-state index contributed by atoms with van der Waals surface area (Å²) in [6.45, 7) is 0. The molecule has 1 aliphatic heterocycles. The second-order valence-corrected chi connectivity index (χ2v) is 14.9. The van der Waals surface area contributed by atoms with Crippen LogP contribution in [0.15, 0.2) is 205 Å². The van der Waals surface area contributed by atoms with Crippen LogP contribution in [0.1, 0.15) is 29.0 Å². The van der Waals surface area contributed by atoms with Crippen molar-refractivity contribution in [1.29, 1.82) is 0 Å². The lowest BCUT2D eigenvalue weighted by atomic mass is 10.0. The third-order valence-corrected chi connectivity index (χ3v) is 11.6. The van der Waals surface area contributed by atoms with Crippen molar-refractivity contribution in [2.45, 2.75) is 12.3 Å². The van der Waals surface area contributed by atoms with Crippen molar-refractivity contribution in [3.8, 4) is 22.5 Å². The number of aliphatic imine (C=N–C) groups is 1. The van der Waals surface area contributed by atoms with Gasteiger partial charge in [0.05, 0.1) is 22.1 Å². The number of para-hydroxylation sites is 3. The SMILES string of the molecule is CN1C(c2ccccc2)N=C(c2ccccc2)NC1c1cccc(-n2c3ccccc3c3cc(-c4ccc5c6ccccc6n(-c6ccccc6)c5c4)ccc32)c1. The van der Waals surface area contributed by atoms with Gasteiger partial charge in [-0.2, -0.15) is 0 Å². The van der Waals surface area contributed by atoms with E-state index < -0.39 is 0 Å². The summed E-state index contributed by atoms with van der Waals surface area (Å²) < 4.78 is 4.80. The molecule has 5 nitrogen and oxygen atoms in total. The van der Waals surface area contributed by atoms with Crippen LogP contribution >= 0.6 is 0 Å². The lowest BCUT2D eigenvalue weighted by Gasteiger charge is -2.39. The van der Waals surface area contributed by atoms with Crippen LogP contribution in [0.4, 0.5) is 0 Å². The number of fused-ring (bicyclic) bond motifs is 6. The van der Waals surface area contributed by atoms with Gasteiger partial charge in [-0.1, -0.05) is 146 Å². The zero-order valence-corrected chi connectivity index (χ0v) is 31.5. The van der Waals surface area contributed by atoms with Crippen molar-refractivity contribution in [1.82, 2.24) is 19.4 Å². The van der Waals surface area contributed by atoms with Crippen LogP contribution in [0, 0.1) is 0 Å². The fourth-order valence-electron chi connectivity index (χ4n) is 8.90. The van der Waals surface area contributed by atoms with E-state index in [4.69, 9.17) is 4.99 Å². The van der Waals surface area contributed by atoms with E-state index in [0.717, 1.165) is 28.3 Å². The van der Waals surface area contributed by atoms with Gasteiger partial charge in [-0.15, -0.1) is 0 Å². The lowest BCUT2D eigenvalue weighted by molar-refractivity contribution is 0.152. The Hall–Kier alpha value is -7.21. The number of hydrogen-bond acceptors (Lipinski definition) is 3. The quantitative estimate of drug-likeness (QED) is 0.185. The molecular formula is C52H39N5. The maximum Gasteiger partial charge on any atom is 0.132 e. The van der Waals surface area contributed by atoms with E-state index in [2.05, 4.69) is 221 Å². The Kier molecular flexibility index (Phi) is 7.86. The van der Waals surface area contributed by atoms with Gasteiger partial charge in [0.15, 0.2) is 0 Å². The Balaban J connectivity index is 1.02. The van der Waals surface area contributed by atoms with E-state index in [0.29, 0.717) is 0 Å². The number of nitrogens with one attached hydrogen (secondary N) is 1. The first-order valence-electron chi connectivity index (χ1n) is 19.6.